The molecule has 1 aromatic carbocycles. The zero-order chi connectivity index (χ0) is 15.9. The number of hydrogen-bond donors (Lipinski definition) is 1. The van der Waals surface area contributed by atoms with Gasteiger partial charge >= 0.3 is 0 Å². The van der Waals surface area contributed by atoms with Gasteiger partial charge in [-0.3, -0.25) is 14.6 Å². The Morgan fingerprint density at radius 3 is 2.50 bits per heavy atom. The Balaban J connectivity index is 1.74. The number of halogens is 1. The highest BCUT2D eigenvalue weighted by Gasteiger charge is 2.19. The van der Waals surface area contributed by atoms with E-state index in [9.17, 15) is 4.79 Å². The molecule has 1 aliphatic heterocycles. The van der Waals surface area contributed by atoms with Gasteiger partial charge < -0.3 is 5.32 Å². The van der Waals surface area contributed by atoms with Crippen LogP contribution in [0.1, 0.15) is 25.8 Å². The first-order valence-electron chi connectivity index (χ1n) is 8.06. The predicted molar refractivity (Wildman–Crippen MR) is 93.8 cm³/mol. The summed E-state index contributed by atoms with van der Waals surface area (Å²) in [5.74, 6) is 0.147. The third-order valence-corrected chi connectivity index (χ3v) is 4.98. The molecule has 0 aromatic heterocycles. The second kappa shape index (κ2) is 8.65. The van der Waals surface area contributed by atoms with E-state index < -0.39 is 0 Å². The maximum atomic E-state index is 11.9. The molecular formula is C17H26BrN3O. The first-order chi connectivity index (χ1) is 10.6. The summed E-state index contributed by atoms with van der Waals surface area (Å²) in [6.45, 7) is 9.56. The van der Waals surface area contributed by atoms with Crippen LogP contribution in [0.4, 0.5) is 0 Å². The standard InChI is InChI=1S/C17H26BrN3O/c1-3-14(2)19-17(22)13-21-10-8-20(9-11-21)12-15-6-4-5-7-16(15)18/h4-7,14H,3,8-13H2,1-2H3,(H,19,22). The van der Waals surface area contributed by atoms with E-state index in [-0.39, 0.29) is 11.9 Å². The van der Waals surface area contributed by atoms with Crippen LogP contribution in [-0.4, -0.2) is 54.5 Å². The van der Waals surface area contributed by atoms with E-state index in [1.165, 1.54) is 10.0 Å². The van der Waals surface area contributed by atoms with Gasteiger partial charge in [0.05, 0.1) is 6.54 Å². The van der Waals surface area contributed by atoms with Crippen LogP contribution in [0, 0.1) is 0 Å². The predicted octanol–water partition coefficient (Wildman–Crippen LogP) is 2.48. The van der Waals surface area contributed by atoms with E-state index in [0.717, 1.165) is 39.1 Å². The van der Waals surface area contributed by atoms with Crippen LogP contribution in [0.3, 0.4) is 0 Å². The molecule has 0 saturated carbocycles. The van der Waals surface area contributed by atoms with Gasteiger partial charge in [-0.05, 0) is 25.0 Å². The summed E-state index contributed by atoms with van der Waals surface area (Å²) in [6, 6.07) is 8.64. The molecule has 22 heavy (non-hydrogen) atoms. The van der Waals surface area contributed by atoms with Gasteiger partial charge in [0.2, 0.25) is 5.91 Å². The van der Waals surface area contributed by atoms with Crippen LogP contribution in [0.15, 0.2) is 28.7 Å². The highest BCUT2D eigenvalue weighted by Crippen LogP contribution is 2.18. The Hall–Kier alpha value is -0.910. The minimum atomic E-state index is 0.147. The van der Waals surface area contributed by atoms with E-state index in [4.69, 9.17) is 0 Å². The maximum Gasteiger partial charge on any atom is 0.234 e. The Bertz CT molecular complexity index is 487. The number of piperazine rings is 1. The lowest BCUT2D eigenvalue weighted by atomic mass is 10.2. The highest BCUT2D eigenvalue weighted by atomic mass is 79.9. The summed E-state index contributed by atoms with van der Waals surface area (Å²) >= 11 is 3.61. The van der Waals surface area contributed by atoms with E-state index in [1.54, 1.807) is 0 Å². The molecule has 5 heteroatoms. The van der Waals surface area contributed by atoms with Crippen molar-refractivity contribution >= 4 is 21.8 Å². The first-order valence-corrected chi connectivity index (χ1v) is 8.85. The summed E-state index contributed by atoms with van der Waals surface area (Å²) in [5.41, 5.74) is 1.32. The average Bonchev–Trinajstić information content (AvgIpc) is 2.51. The molecule has 0 aliphatic carbocycles. The molecule has 1 atom stereocenters. The number of carbonyl (C=O) groups excluding carboxylic acids is 1. The highest BCUT2D eigenvalue weighted by molar-refractivity contribution is 9.10. The van der Waals surface area contributed by atoms with Crippen LogP contribution in [0.5, 0.6) is 0 Å². The summed E-state index contributed by atoms with van der Waals surface area (Å²) in [7, 11) is 0. The largest absolute Gasteiger partial charge is 0.353 e. The van der Waals surface area contributed by atoms with Gasteiger partial charge in [0, 0.05) is 43.2 Å². The molecule has 1 unspecified atom stereocenters. The van der Waals surface area contributed by atoms with Gasteiger partial charge in [0.15, 0.2) is 0 Å². The van der Waals surface area contributed by atoms with Gasteiger partial charge in [-0.2, -0.15) is 0 Å². The van der Waals surface area contributed by atoms with Crippen molar-refractivity contribution in [1.29, 1.82) is 0 Å². The fourth-order valence-electron chi connectivity index (χ4n) is 2.60. The van der Waals surface area contributed by atoms with E-state index in [0.29, 0.717) is 6.54 Å². The second-order valence-electron chi connectivity index (χ2n) is 6.02. The molecule has 2 rings (SSSR count). The third kappa shape index (κ3) is 5.38. The van der Waals surface area contributed by atoms with Crippen LogP contribution in [0.25, 0.3) is 0 Å². The molecule has 0 radical (unpaired) electrons. The van der Waals surface area contributed by atoms with E-state index in [2.05, 4.69) is 56.2 Å². The quantitative estimate of drug-likeness (QED) is 0.838. The number of rotatable bonds is 6. The van der Waals surface area contributed by atoms with Gasteiger partial charge in [-0.15, -0.1) is 0 Å². The van der Waals surface area contributed by atoms with Crippen LogP contribution in [-0.2, 0) is 11.3 Å². The van der Waals surface area contributed by atoms with Gasteiger partial charge in [-0.25, -0.2) is 0 Å². The molecule has 1 amide bonds. The molecule has 1 aliphatic rings. The number of benzene rings is 1. The monoisotopic (exact) mass is 367 g/mol. The van der Waals surface area contributed by atoms with Gasteiger partial charge in [0.25, 0.3) is 0 Å². The molecule has 0 spiro atoms. The lowest BCUT2D eigenvalue weighted by Crippen LogP contribution is -2.49. The lowest BCUT2D eigenvalue weighted by Gasteiger charge is -2.34. The van der Waals surface area contributed by atoms with Crippen molar-refractivity contribution < 1.29 is 4.79 Å². The van der Waals surface area contributed by atoms with Crippen LogP contribution >= 0.6 is 15.9 Å². The van der Waals surface area contributed by atoms with Crippen LogP contribution in [0.2, 0.25) is 0 Å². The number of amides is 1. The zero-order valence-electron chi connectivity index (χ0n) is 13.5. The van der Waals surface area contributed by atoms with Crippen molar-refractivity contribution in [2.75, 3.05) is 32.7 Å². The van der Waals surface area contributed by atoms with E-state index in [1.807, 2.05) is 13.0 Å². The summed E-state index contributed by atoms with van der Waals surface area (Å²) in [5, 5.41) is 3.03. The smallest absolute Gasteiger partial charge is 0.234 e. The van der Waals surface area contributed by atoms with Crippen molar-refractivity contribution in [2.45, 2.75) is 32.9 Å². The topological polar surface area (TPSA) is 35.6 Å². The lowest BCUT2D eigenvalue weighted by molar-refractivity contribution is -0.123. The molecular weight excluding hydrogens is 342 g/mol. The minimum Gasteiger partial charge on any atom is -0.353 e. The Morgan fingerprint density at radius 1 is 1.23 bits per heavy atom. The molecule has 4 nitrogen and oxygen atoms in total. The first kappa shape index (κ1) is 17.4. The number of carbonyl (C=O) groups is 1. The molecule has 1 saturated heterocycles. The van der Waals surface area contributed by atoms with Crippen molar-refractivity contribution in [2.24, 2.45) is 0 Å². The molecule has 1 N–H and O–H groups in total. The number of nitrogens with one attached hydrogen (secondary N) is 1. The van der Waals surface area contributed by atoms with Gasteiger partial charge in [-0.1, -0.05) is 41.1 Å². The second-order valence-corrected chi connectivity index (χ2v) is 6.87. The van der Waals surface area contributed by atoms with Crippen molar-refractivity contribution in [3.8, 4) is 0 Å². The fraction of sp³-hybridized carbons (Fsp3) is 0.588. The summed E-state index contributed by atoms with van der Waals surface area (Å²) in [6.07, 6.45) is 0.978. The maximum absolute atomic E-state index is 11.9. The summed E-state index contributed by atoms with van der Waals surface area (Å²) in [4.78, 5) is 16.6. The van der Waals surface area contributed by atoms with Crippen molar-refractivity contribution in [3.05, 3.63) is 34.3 Å². The number of nitrogens with zero attached hydrogens (tertiary/aromatic N) is 2. The molecule has 1 aromatic rings. The summed E-state index contributed by atoms with van der Waals surface area (Å²) < 4.78 is 1.17. The molecule has 0 bridgehead atoms. The van der Waals surface area contributed by atoms with Crippen LogP contribution < -0.4 is 5.32 Å². The zero-order valence-corrected chi connectivity index (χ0v) is 15.1. The Morgan fingerprint density at radius 2 is 1.86 bits per heavy atom. The average molecular weight is 368 g/mol. The fourth-order valence-corrected chi connectivity index (χ4v) is 3.01. The SMILES string of the molecule is CCC(C)NC(=O)CN1CCN(Cc2ccccc2Br)CC1. The van der Waals surface area contributed by atoms with Crippen molar-refractivity contribution in [3.63, 3.8) is 0 Å². The van der Waals surface area contributed by atoms with Crippen molar-refractivity contribution in [1.82, 2.24) is 15.1 Å². The third-order valence-electron chi connectivity index (χ3n) is 4.20. The molecule has 1 fully saturated rings. The Kier molecular flexibility index (Phi) is 6.86. The normalized spacial score (nSPS) is 18.1. The van der Waals surface area contributed by atoms with E-state index >= 15 is 0 Å². The Labute approximate surface area is 142 Å². The molecule has 122 valence electrons. The molecule has 1 heterocycles. The number of hydrogen-bond acceptors (Lipinski definition) is 3. The minimum absolute atomic E-state index is 0.147. The van der Waals surface area contributed by atoms with Gasteiger partial charge in [0.1, 0.15) is 0 Å².